The van der Waals surface area contributed by atoms with Crippen LogP contribution in [0.3, 0.4) is 0 Å². The molecule has 0 unspecified atom stereocenters. The van der Waals surface area contributed by atoms with E-state index in [9.17, 15) is 13.2 Å². The van der Waals surface area contributed by atoms with Gasteiger partial charge in [-0.2, -0.15) is 11.3 Å². The number of ether oxygens (including phenoxy) is 1. The number of carbonyl (C=O) groups is 1. The van der Waals surface area contributed by atoms with E-state index in [2.05, 4.69) is 4.72 Å². The number of hydrogen-bond acceptors (Lipinski definition) is 5. The third-order valence-electron chi connectivity index (χ3n) is 6.03. The number of anilines is 1. The van der Waals surface area contributed by atoms with Crippen molar-refractivity contribution < 1.29 is 17.9 Å². The summed E-state index contributed by atoms with van der Waals surface area (Å²) in [5, 5.41) is 4.33. The lowest BCUT2D eigenvalue weighted by Gasteiger charge is -2.27. The third kappa shape index (κ3) is 7.28. The van der Waals surface area contributed by atoms with Crippen LogP contribution in [-0.2, 0) is 27.8 Å². The predicted octanol–water partition coefficient (Wildman–Crippen LogP) is 6.93. The Balaban J connectivity index is 1.89. The molecule has 4 rings (SSSR count). The molecule has 1 aromatic heterocycles. The molecular weight excluding hydrogens is 552 g/mol. The maximum Gasteiger partial charge on any atom is 0.242 e. The normalized spacial score (nSPS) is 11.4. The number of sulfonamides is 1. The van der Waals surface area contributed by atoms with Gasteiger partial charge in [-0.15, -0.1) is 0 Å². The maximum absolute atomic E-state index is 14.0. The Labute approximate surface area is 239 Å². The standard InChI is InChI=1S/C30H31ClN2O4S2/c1-3-15-37-28-12-11-26(31)18-25(28)20-33(30(34)17-22-14-16-38-21-22)27-19-24(23-8-6-5-7-9-23)10-13-29(27)39(35,36)32-4-2/h5-14,16,18-19,21,32H,3-4,15,17,20H2,1-2H3. The Morgan fingerprint density at radius 2 is 1.79 bits per heavy atom. The van der Waals surface area contributed by atoms with Gasteiger partial charge in [-0.05, 0) is 70.3 Å². The van der Waals surface area contributed by atoms with E-state index in [1.807, 2.05) is 54.1 Å². The van der Waals surface area contributed by atoms with E-state index in [1.165, 1.54) is 16.2 Å². The molecule has 3 aromatic carbocycles. The second-order valence-electron chi connectivity index (χ2n) is 8.94. The molecule has 204 valence electrons. The van der Waals surface area contributed by atoms with Crippen LogP contribution in [0.1, 0.15) is 31.4 Å². The largest absolute Gasteiger partial charge is 0.493 e. The molecule has 0 aliphatic carbocycles. The van der Waals surface area contributed by atoms with E-state index in [0.29, 0.717) is 28.6 Å². The molecule has 1 heterocycles. The van der Waals surface area contributed by atoms with Crippen LogP contribution in [0.25, 0.3) is 11.1 Å². The Bertz CT molecular complexity index is 1510. The average Bonchev–Trinajstić information content (AvgIpc) is 3.44. The number of benzene rings is 3. The van der Waals surface area contributed by atoms with E-state index < -0.39 is 10.0 Å². The first kappa shape index (κ1) is 28.8. The van der Waals surface area contributed by atoms with Gasteiger partial charge in [0.25, 0.3) is 0 Å². The molecule has 0 fully saturated rings. The lowest BCUT2D eigenvalue weighted by atomic mass is 10.0. The van der Waals surface area contributed by atoms with Gasteiger partial charge in [0.2, 0.25) is 15.9 Å². The minimum Gasteiger partial charge on any atom is -0.493 e. The van der Waals surface area contributed by atoms with Crippen LogP contribution in [0.5, 0.6) is 5.75 Å². The summed E-state index contributed by atoms with van der Waals surface area (Å²) in [6, 6.07) is 21.9. The van der Waals surface area contributed by atoms with E-state index >= 15 is 0 Å². The number of amides is 1. The maximum atomic E-state index is 14.0. The van der Waals surface area contributed by atoms with Crippen LogP contribution >= 0.6 is 22.9 Å². The van der Waals surface area contributed by atoms with Gasteiger partial charge in [0.15, 0.2) is 0 Å². The van der Waals surface area contributed by atoms with Crippen molar-refractivity contribution in [3.63, 3.8) is 0 Å². The SMILES string of the molecule is CCCOc1ccc(Cl)cc1CN(C(=O)Cc1ccsc1)c1cc(-c2ccccc2)ccc1S(=O)(=O)NCC. The predicted molar refractivity (Wildman–Crippen MR) is 159 cm³/mol. The average molecular weight is 583 g/mol. The van der Waals surface area contributed by atoms with Crippen LogP contribution in [0.4, 0.5) is 5.69 Å². The number of nitrogens with one attached hydrogen (secondary N) is 1. The van der Waals surface area contributed by atoms with Crippen molar-refractivity contribution in [1.29, 1.82) is 0 Å². The van der Waals surface area contributed by atoms with Crippen molar-refractivity contribution in [3.05, 3.63) is 99.7 Å². The molecule has 0 bridgehead atoms. The van der Waals surface area contributed by atoms with E-state index in [0.717, 1.165) is 23.1 Å². The van der Waals surface area contributed by atoms with Crippen molar-refractivity contribution in [1.82, 2.24) is 4.72 Å². The third-order valence-corrected chi connectivity index (χ3v) is 8.59. The summed E-state index contributed by atoms with van der Waals surface area (Å²) in [5.41, 5.74) is 3.54. The second kappa shape index (κ2) is 13.3. The van der Waals surface area contributed by atoms with Gasteiger partial charge < -0.3 is 9.64 Å². The number of hydrogen-bond donors (Lipinski definition) is 1. The zero-order valence-electron chi connectivity index (χ0n) is 21.9. The quantitative estimate of drug-likeness (QED) is 0.196. The monoisotopic (exact) mass is 582 g/mol. The number of nitrogens with zero attached hydrogens (tertiary/aromatic N) is 1. The van der Waals surface area contributed by atoms with E-state index in [1.54, 1.807) is 43.3 Å². The molecule has 9 heteroatoms. The Kier molecular flexibility index (Phi) is 9.80. The summed E-state index contributed by atoms with van der Waals surface area (Å²) in [7, 11) is -3.90. The molecule has 39 heavy (non-hydrogen) atoms. The molecule has 6 nitrogen and oxygen atoms in total. The highest BCUT2D eigenvalue weighted by Gasteiger charge is 2.27. The fraction of sp³-hybridized carbons (Fsp3) is 0.233. The smallest absolute Gasteiger partial charge is 0.242 e. The van der Waals surface area contributed by atoms with Crippen molar-refractivity contribution in [2.24, 2.45) is 0 Å². The topological polar surface area (TPSA) is 75.7 Å². The Morgan fingerprint density at radius 3 is 2.49 bits per heavy atom. The highest BCUT2D eigenvalue weighted by Crippen LogP contribution is 2.34. The fourth-order valence-electron chi connectivity index (χ4n) is 4.20. The van der Waals surface area contributed by atoms with Crippen LogP contribution in [-0.4, -0.2) is 27.5 Å². The number of rotatable bonds is 12. The molecule has 0 aliphatic rings. The van der Waals surface area contributed by atoms with Crippen LogP contribution in [0.2, 0.25) is 5.02 Å². The summed E-state index contributed by atoms with van der Waals surface area (Å²) in [4.78, 5) is 15.5. The number of halogens is 1. The lowest BCUT2D eigenvalue weighted by Crippen LogP contribution is -2.34. The van der Waals surface area contributed by atoms with Gasteiger partial charge in [-0.3, -0.25) is 4.79 Å². The second-order valence-corrected chi connectivity index (χ2v) is 11.9. The summed E-state index contributed by atoms with van der Waals surface area (Å²) in [5.74, 6) is 0.359. The van der Waals surface area contributed by atoms with Crippen LogP contribution < -0.4 is 14.4 Å². The first-order chi connectivity index (χ1) is 18.8. The number of carbonyl (C=O) groups excluding carboxylic acids is 1. The molecule has 0 atom stereocenters. The van der Waals surface area contributed by atoms with Gasteiger partial charge in [0.05, 0.1) is 25.3 Å². The Morgan fingerprint density at radius 1 is 1.00 bits per heavy atom. The molecule has 0 radical (unpaired) electrons. The minimum atomic E-state index is -3.90. The zero-order valence-corrected chi connectivity index (χ0v) is 24.3. The van der Waals surface area contributed by atoms with Gasteiger partial charge in [-0.25, -0.2) is 13.1 Å². The molecule has 4 aromatic rings. The molecule has 1 amide bonds. The summed E-state index contributed by atoms with van der Waals surface area (Å²) >= 11 is 7.87. The molecular formula is C30H31ClN2O4S2. The Hall–Kier alpha value is -3.17. The van der Waals surface area contributed by atoms with Crippen LogP contribution in [0, 0.1) is 0 Å². The molecule has 0 aliphatic heterocycles. The molecule has 0 saturated carbocycles. The lowest BCUT2D eigenvalue weighted by molar-refractivity contribution is -0.118. The van der Waals surface area contributed by atoms with Gasteiger partial charge in [0, 0.05) is 17.1 Å². The van der Waals surface area contributed by atoms with Gasteiger partial charge >= 0.3 is 0 Å². The molecule has 0 saturated heterocycles. The summed E-state index contributed by atoms with van der Waals surface area (Å²) < 4.78 is 35.3. The van der Waals surface area contributed by atoms with Crippen molar-refractivity contribution in [2.75, 3.05) is 18.1 Å². The van der Waals surface area contributed by atoms with Gasteiger partial charge in [-0.1, -0.05) is 61.8 Å². The summed E-state index contributed by atoms with van der Waals surface area (Å²) in [6.45, 7) is 4.53. The molecule has 1 N–H and O–H groups in total. The van der Waals surface area contributed by atoms with E-state index in [-0.39, 0.29) is 30.3 Å². The van der Waals surface area contributed by atoms with Crippen molar-refractivity contribution >= 4 is 44.6 Å². The fourth-order valence-corrected chi connectivity index (χ4v) is 6.29. The summed E-state index contributed by atoms with van der Waals surface area (Å²) in [6.07, 6.45) is 0.929. The zero-order chi connectivity index (χ0) is 27.8. The van der Waals surface area contributed by atoms with E-state index in [4.69, 9.17) is 16.3 Å². The van der Waals surface area contributed by atoms with Crippen LogP contribution in [0.15, 0.2) is 88.5 Å². The van der Waals surface area contributed by atoms with Crippen molar-refractivity contribution in [2.45, 2.75) is 38.1 Å². The highest BCUT2D eigenvalue weighted by molar-refractivity contribution is 7.89. The minimum absolute atomic E-state index is 0.0285. The first-order valence-electron chi connectivity index (χ1n) is 12.7. The number of thiophene rings is 1. The van der Waals surface area contributed by atoms with Crippen molar-refractivity contribution in [3.8, 4) is 16.9 Å². The van der Waals surface area contributed by atoms with Gasteiger partial charge in [0.1, 0.15) is 10.6 Å². The first-order valence-corrected chi connectivity index (χ1v) is 15.5. The highest BCUT2D eigenvalue weighted by atomic mass is 35.5. The molecule has 0 spiro atoms.